The second-order valence-electron chi connectivity index (χ2n) is 13.5. The molecule has 2 heteroatoms. The predicted molar refractivity (Wildman–Crippen MR) is 212 cm³/mol. The minimum atomic E-state index is -0.782. The fraction of sp³-hybridized carbons (Fsp3) is 0.217. The molecular formula is C46H44P2. The molecule has 2 aliphatic rings. The third kappa shape index (κ3) is 5.89. The zero-order valence-corrected chi connectivity index (χ0v) is 30.0. The van der Waals surface area contributed by atoms with Gasteiger partial charge < -0.3 is 0 Å². The van der Waals surface area contributed by atoms with Gasteiger partial charge in [0, 0.05) is 0 Å². The molecule has 8 rings (SSSR count). The summed E-state index contributed by atoms with van der Waals surface area (Å²) in [7, 11) is -1.56. The van der Waals surface area contributed by atoms with Crippen LogP contribution in [-0.2, 0) is 25.7 Å². The molecule has 0 aliphatic heterocycles. The Labute approximate surface area is 289 Å². The van der Waals surface area contributed by atoms with Gasteiger partial charge in [-0.2, -0.15) is 0 Å². The molecule has 0 fully saturated rings. The van der Waals surface area contributed by atoms with Crippen LogP contribution in [0.2, 0.25) is 0 Å². The number of benzene rings is 6. The van der Waals surface area contributed by atoms with Gasteiger partial charge in [-0.25, -0.2) is 0 Å². The normalized spacial score (nSPS) is 14.2. The van der Waals surface area contributed by atoms with Gasteiger partial charge in [0.2, 0.25) is 0 Å². The molecule has 0 aromatic heterocycles. The standard InChI is InChI=1S/C46H44P2/c1-33-31-35-19-15-17-29-41(35)43(45(33)47(37-21-7-3-8-22-37)38-23-9-4-10-24-38)44-42-30-18-16-20-36(42)32-34(2)46(44)48(39-25-11-5-12-26-39)40-27-13-6-14-28-40/h3-14,21-28,31-32H,15-20,29-30H2,1-2H3. The van der Waals surface area contributed by atoms with E-state index in [1.165, 1.54) is 83.7 Å². The van der Waals surface area contributed by atoms with Crippen LogP contribution in [0.3, 0.4) is 0 Å². The summed E-state index contributed by atoms with van der Waals surface area (Å²) in [6, 6.07) is 50.9. The Hall–Kier alpha value is -3.82. The van der Waals surface area contributed by atoms with Gasteiger partial charge in [0.15, 0.2) is 0 Å². The topological polar surface area (TPSA) is 0 Å². The van der Waals surface area contributed by atoms with Crippen LogP contribution < -0.4 is 31.8 Å². The molecule has 0 heterocycles. The summed E-state index contributed by atoms with van der Waals surface area (Å²) in [6.45, 7) is 4.85. The van der Waals surface area contributed by atoms with E-state index in [0.29, 0.717) is 0 Å². The molecule has 0 amide bonds. The minimum absolute atomic E-state index is 0.782. The average molecular weight is 659 g/mol. The maximum Gasteiger partial charge on any atom is -0.00400 e. The summed E-state index contributed by atoms with van der Waals surface area (Å²) in [5, 5.41) is 8.92. The van der Waals surface area contributed by atoms with Crippen LogP contribution >= 0.6 is 15.8 Å². The second-order valence-corrected chi connectivity index (χ2v) is 17.8. The third-order valence-electron chi connectivity index (χ3n) is 10.4. The summed E-state index contributed by atoms with van der Waals surface area (Å²) in [4.78, 5) is 0. The molecule has 0 atom stereocenters. The first-order chi connectivity index (χ1) is 23.7. The van der Waals surface area contributed by atoms with Crippen LogP contribution in [0.4, 0.5) is 0 Å². The first kappa shape index (κ1) is 31.4. The molecule has 6 aromatic carbocycles. The van der Waals surface area contributed by atoms with Crippen molar-refractivity contribution in [2.24, 2.45) is 0 Å². The van der Waals surface area contributed by atoms with Crippen LogP contribution in [0.25, 0.3) is 11.1 Å². The van der Waals surface area contributed by atoms with Gasteiger partial charge in [-0.1, -0.05) is 133 Å². The van der Waals surface area contributed by atoms with E-state index in [0.717, 1.165) is 0 Å². The minimum Gasteiger partial charge on any atom is -0.0622 e. The van der Waals surface area contributed by atoms with Gasteiger partial charge in [-0.15, -0.1) is 0 Å². The van der Waals surface area contributed by atoms with E-state index in [4.69, 9.17) is 0 Å². The number of hydrogen-bond acceptors (Lipinski definition) is 0. The van der Waals surface area contributed by atoms with E-state index < -0.39 is 15.8 Å². The fourth-order valence-corrected chi connectivity index (χ4v) is 13.6. The van der Waals surface area contributed by atoms with Crippen LogP contribution in [0.1, 0.15) is 59.1 Å². The molecule has 6 aromatic rings. The Balaban J connectivity index is 1.53. The smallest absolute Gasteiger partial charge is 0.00400 e. The quantitative estimate of drug-likeness (QED) is 0.150. The summed E-state index contributed by atoms with van der Waals surface area (Å²) in [6.07, 6.45) is 9.83. The average Bonchev–Trinajstić information content (AvgIpc) is 3.14. The highest BCUT2D eigenvalue weighted by atomic mass is 31.1. The van der Waals surface area contributed by atoms with Crippen LogP contribution in [0.5, 0.6) is 0 Å². The summed E-state index contributed by atoms with van der Waals surface area (Å²) >= 11 is 0. The van der Waals surface area contributed by atoms with Gasteiger partial charge >= 0.3 is 0 Å². The first-order valence-corrected chi connectivity index (χ1v) is 20.5. The fourth-order valence-electron chi connectivity index (χ4n) is 8.32. The highest BCUT2D eigenvalue weighted by Crippen LogP contribution is 2.48. The first-order valence-electron chi connectivity index (χ1n) is 17.8. The lowest BCUT2D eigenvalue weighted by Gasteiger charge is -2.35. The lowest BCUT2D eigenvalue weighted by atomic mass is 9.79. The van der Waals surface area contributed by atoms with Crippen molar-refractivity contribution in [2.75, 3.05) is 0 Å². The number of fused-ring (bicyclic) bond motifs is 2. The van der Waals surface area contributed by atoms with Gasteiger partial charge in [-0.05, 0) is 157 Å². The number of aryl methyl sites for hydroxylation is 4. The van der Waals surface area contributed by atoms with Gasteiger partial charge in [0.25, 0.3) is 0 Å². The van der Waals surface area contributed by atoms with Crippen molar-refractivity contribution in [1.82, 2.24) is 0 Å². The van der Waals surface area contributed by atoms with Crippen LogP contribution in [0, 0.1) is 13.8 Å². The Morgan fingerprint density at radius 3 is 0.979 bits per heavy atom. The molecule has 48 heavy (non-hydrogen) atoms. The molecule has 0 nitrogen and oxygen atoms in total. The summed E-state index contributed by atoms with van der Waals surface area (Å²) in [5.41, 5.74) is 12.6. The van der Waals surface area contributed by atoms with E-state index in [2.05, 4.69) is 147 Å². The predicted octanol–water partition coefficient (Wildman–Crippen LogP) is 9.24. The molecule has 2 aliphatic carbocycles. The zero-order valence-electron chi connectivity index (χ0n) is 28.3. The molecule has 0 N–H and O–H groups in total. The third-order valence-corrected chi connectivity index (χ3v) is 15.7. The van der Waals surface area contributed by atoms with Gasteiger partial charge in [0.05, 0.1) is 0 Å². The molecular weight excluding hydrogens is 614 g/mol. The Bertz CT molecular complexity index is 1800. The molecule has 0 saturated carbocycles. The monoisotopic (exact) mass is 658 g/mol. The SMILES string of the molecule is Cc1cc2c(c(-c3c4c(cc(C)c3P(c3ccccc3)c3ccccc3)CCCC4)c1P(c1ccccc1)c1ccccc1)CCCC2. The molecule has 0 saturated heterocycles. The largest absolute Gasteiger partial charge is 0.0622 e. The van der Waals surface area contributed by atoms with Crippen LogP contribution in [-0.4, -0.2) is 0 Å². The van der Waals surface area contributed by atoms with Crippen molar-refractivity contribution in [3.05, 3.63) is 167 Å². The second kappa shape index (κ2) is 14.0. The Morgan fingerprint density at radius 2 is 0.667 bits per heavy atom. The molecule has 0 bridgehead atoms. The van der Waals surface area contributed by atoms with Crippen molar-refractivity contribution >= 4 is 47.7 Å². The Kier molecular flexibility index (Phi) is 9.15. The zero-order chi connectivity index (χ0) is 32.5. The van der Waals surface area contributed by atoms with E-state index >= 15 is 0 Å². The van der Waals surface area contributed by atoms with Gasteiger partial charge in [-0.3, -0.25) is 0 Å². The number of rotatable bonds is 7. The van der Waals surface area contributed by atoms with Crippen molar-refractivity contribution in [2.45, 2.75) is 65.2 Å². The van der Waals surface area contributed by atoms with Gasteiger partial charge in [0.1, 0.15) is 0 Å². The van der Waals surface area contributed by atoms with Crippen molar-refractivity contribution in [3.63, 3.8) is 0 Å². The maximum absolute atomic E-state index is 2.59. The van der Waals surface area contributed by atoms with Crippen molar-refractivity contribution in [1.29, 1.82) is 0 Å². The van der Waals surface area contributed by atoms with E-state index in [1.54, 1.807) is 44.0 Å². The summed E-state index contributed by atoms with van der Waals surface area (Å²) in [5.74, 6) is 0. The van der Waals surface area contributed by atoms with Crippen molar-refractivity contribution < 1.29 is 0 Å². The highest BCUT2D eigenvalue weighted by molar-refractivity contribution is 7.81. The van der Waals surface area contributed by atoms with Crippen LogP contribution in [0.15, 0.2) is 133 Å². The van der Waals surface area contributed by atoms with E-state index in [-0.39, 0.29) is 0 Å². The molecule has 0 spiro atoms. The lowest BCUT2D eigenvalue weighted by molar-refractivity contribution is 0.682. The highest BCUT2D eigenvalue weighted by Gasteiger charge is 2.33. The van der Waals surface area contributed by atoms with Crippen molar-refractivity contribution in [3.8, 4) is 11.1 Å². The number of hydrogen-bond donors (Lipinski definition) is 0. The molecule has 0 unspecified atom stereocenters. The maximum atomic E-state index is 2.59. The lowest BCUT2D eigenvalue weighted by Crippen LogP contribution is -2.31. The molecule has 238 valence electrons. The van der Waals surface area contributed by atoms with E-state index in [9.17, 15) is 0 Å². The molecule has 0 radical (unpaired) electrons. The Morgan fingerprint density at radius 1 is 0.375 bits per heavy atom. The van der Waals surface area contributed by atoms with E-state index in [1.807, 2.05) is 0 Å². The summed E-state index contributed by atoms with van der Waals surface area (Å²) < 4.78 is 0.